The Hall–Kier alpha value is -0.440. The summed E-state index contributed by atoms with van der Waals surface area (Å²) in [6.45, 7) is 1.08. The SMILES string of the molecule is Cl.Nc1ccc(Cl)cc1[C@@H]1CCCN1. The molecule has 0 bridgehead atoms. The molecular formula is C10H14Cl2N2. The average Bonchev–Trinajstić information content (AvgIpc) is 2.61. The normalized spacial score (nSPS) is 20.5. The Balaban J connectivity index is 0.000000980. The molecule has 4 heteroatoms. The number of hydrogen-bond donors (Lipinski definition) is 2. The third kappa shape index (κ3) is 2.32. The maximum absolute atomic E-state index is 5.91. The molecule has 1 aromatic rings. The van der Waals surface area contributed by atoms with Gasteiger partial charge in [-0.25, -0.2) is 0 Å². The highest BCUT2D eigenvalue weighted by Gasteiger charge is 2.18. The van der Waals surface area contributed by atoms with Gasteiger partial charge in [-0.1, -0.05) is 11.6 Å². The first-order chi connectivity index (χ1) is 6.27. The monoisotopic (exact) mass is 232 g/mol. The van der Waals surface area contributed by atoms with Crippen LogP contribution in [-0.2, 0) is 0 Å². The Bertz CT molecular complexity index is 309. The lowest BCUT2D eigenvalue weighted by molar-refractivity contribution is 0.650. The van der Waals surface area contributed by atoms with Gasteiger partial charge >= 0.3 is 0 Å². The zero-order valence-electron chi connectivity index (χ0n) is 7.79. The Labute approximate surface area is 95.2 Å². The molecule has 0 unspecified atom stereocenters. The van der Waals surface area contributed by atoms with E-state index in [4.69, 9.17) is 17.3 Å². The topological polar surface area (TPSA) is 38.0 Å². The smallest absolute Gasteiger partial charge is 0.0410 e. The zero-order chi connectivity index (χ0) is 9.26. The van der Waals surface area contributed by atoms with Crippen molar-refractivity contribution >= 4 is 29.7 Å². The quantitative estimate of drug-likeness (QED) is 0.732. The van der Waals surface area contributed by atoms with E-state index in [1.54, 1.807) is 0 Å². The van der Waals surface area contributed by atoms with E-state index in [0.29, 0.717) is 6.04 Å². The molecule has 1 aliphatic rings. The number of rotatable bonds is 1. The number of nitrogen functional groups attached to an aromatic ring is 1. The van der Waals surface area contributed by atoms with Gasteiger partial charge in [-0.05, 0) is 43.1 Å². The van der Waals surface area contributed by atoms with E-state index in [9.17, 15) is 0 Å². The highest BCUT2D eigenvalue weighted by atomic mass is 35.5. The number of nitrogens with one attached hydrogen (secondary N) is 1. The first kappa shape index (κ1) is 11.6. The van der Waals surface area contributed by atoms with Crippen molar-refractivity contribution in [2.75, 3.05) is 12.3 Å². The molecule has 3 N–H and O–H groups in total. The lowest BCUT2D eigenvalue weighted by Crippen LogP contribution is -2.14. The molecule has 78 valence electrons. The molecule has 0 spiro atoms. The van der Waals surface area contributed by atoms with Gasteiger partial charge in [0.2, 0.25) is 0 Å². The minimum absolute atomic E-state index is 0. The Morgan fingerprint density at radius 3 is 2.86 bits per heavy atom. The van der Waals surface area contributed by atoms with E-state index < -0.39 is 0 Å². The van der Waals surface area contributed by atoms with Crippen molar-refractivity contribution in [3.63, 3.8) is 0 Å². The largest absolute Gasteiger partial charge is 0.398 e. The van der Waals surface area contributed by atoms with Gasteiger partial charge in [0.25, 0.3) is 0 Å². The second kappa shape index (κ2) is 4.87. The van der Waals surface area contributed by atoms with Crippen LogP contribution in [0.2, 0.25) is 5.02 Å². The maximum Gasteiger partial charge on any atom is 0.0410 e. The van der Waals surface area contributed by atoms with Crippen LogP contribution < -0.4 is 11.1 Å². The summed E-state index contributed by atoms with van der Waals surface area (Å²) in [6.07, 6.45) is 2.38. The van der Waals surface area contributed by atoms with Crippen LogP contribution in [0.25, 0.3) is 0 Å². The van der Waals surface area contributed by atoms with E-state index in [0.717, 1.165) is 29.2 Å². The second-order valence-corrected chi connectivity index (χ2v) is 3.86. The molecule has 0 aromatic heterocycles. The van der Waals surface area contributed by atoms with E-state index in [1.807, 2.05) is 18.2 Å². The fourth-order valence-corrected chi connectivity index (χ4v) is 1.98. The molecule has 1 aliphatic heterocycles. The van der Waals surface area contributed by atoms with Crippen molar-refractivity contribution < 1.29 is 0 Å². The fourth-order valence-electron chi connectivity index (χ4n) is 1.80. The summed E-state index contributed by atoms with van der Waals surface area (Å²) in [7, 11) is 0. The van der Waals surface area contributed by atoms with Crippen molar-refractivity contribution in [3.8, 4) is 0 Å². The number of hydrogen-bond acceptors (Lipinski definition) is 2. The Kier molecular flexibility index (Phi) is 4.05. The van der Waals surface area contributed by atoms with Crippen LogP contribution in [0, 0.1) is 0 Å². The van der Waals surface area contributed by atoms with Crippen LogP contribution >= 0.6 is 24.0 Å². The van der Waals surface area contributed by atoms with Crippen LogP contribution in [0.5, 0.6) is 0 Å². The van der Waals surface area contributed by atoms with Crippen LogP contribution in [-0.4, -0.2) is 6.54 Å². The van der Waals surface area contributed by atoms with Gasteiger partial charge in [0.1, 0.15) is 0 Å². The summed E-state index contributed by atoms with van der Waals surface area (Å²) in [6, 6.07) is 6.06. The molecule has 1 atom stereocenters. The molecule has 1 saturated heterocycles. The van der Waals surface area contributed by atoms with Gasteiger partial charge in [0.15, 0.2) is 0 Å². The first-order valence-electron chi connectivity index (χ1n) is 4.55. The second-order valence-electron chi connectivity index (χ2n) is 3.42. The lowest BCUT2D eigenvalue weighted by Gasteiger charge is -2.13. The fraction of sp³-hybridized carbons (Fsp3) is 0.400. The van der Waals surface area contributed by atoms with E-state index >= 15 is 0 Å². The molecule has 14 heavy (non-hydrogen) atoms. The molecule has 0 amide bonds. The summed E-state index contributed by atoms with van der Waals surface area (Å²) >= 11 is 5.91. The summed E-state index contributed by atoms with van der Waals surface area (Å²) in [4.78, 5) is 0. The van der Waals surface area contributed by atoms with E-state index in [-0.39, 0.29) is 12.4 Å². The Morgan fingerprint density at radius 2 is 2.21 bits per heavy atom. The highest BCUT2D eigenvalue weighted by Crippen LogP contribution is 2.29. The van der Waals surface area contributed by atoms with Gasteiger partial charge in [0.05, 0.1) is 0 Å². The van der Waals surface area contributed by atoms with Crippen molar-refractivity contribution in [2.24, 2.45) is 0 Å². The van der Waals surface area contributed by atoms with Crippen LogP contribution in [0.15, 0.2) is 18.2 Å². The highest BCUT2D eigenvalue weighted by molar-refractivity contribution is 6.30. The van der Waals surface area contributed by atoms with Crippen LogP contribution in [0.3, 0.4) is 0 Å². The average molecular weight is 233 g/mol. The number of benzene rings is 1. The van der Waals surface area contributed by atoms with Gasteiger partial charge in [-0.2, -0.15) is 0 Å². The first-order valence-corrected chi connectivity index (χ1v) is 4.93. The van der Waals surface area contributed by atoms with Crippen LogP contribution in [0.1, 0.15) is 24.4 Å². The van der Waals surface area contributed by atoms with Gasteiger partial charge < -0.3 is 11.1 Å². The molecule has 2 nitrogen and oxygen atoms in total. The minimum Gasteiger partial charge on any atom is -0.398 e. The third-order valence-corrected chi connectivity index (χ3v) is 2.72. The molecule has 0 radical (unpaired) electrons. The number of halogens is 2. The van der Waals surface area contributed by atoms with Gasteiger partial charge in [-0.3, -0.25) is 0 Å². The number of anilines is 1. The molecule has 0 aliphatic carbocycles. The Morgan fingerprint density at radius 1 is 1.43 bits per heavy atom. The van der Waals surface area contributed by atoms with E-state index in [2.05, 4.69) is 5.32 Å². The van der Waals surface area contributed by atoms with Crippen molar-refractivity contribution in [3.05, 3.63) is 28.8 Å². The zero-order valence-corrected chi connectivity index (χ0v) is 9.37. The maximum atomic E-state index is 5.91. The molecule has 0 saturated carbocycles. The third-order valence-electron chi connectivity index (χ3n) is 2.48. The van der Waals surface area contributed by atoms with Crippen LogP contribution in [0.4, 0.5) is 5.69 Å². The number of nitrogens with two attached hydrogens (primary N) is 1. The van der Waals surface area contributed by atoms with Crippen molar-refractivity contribution in [2.45, 2.75) is 18.9 Å². The predicted molar refractivity (Wildman–Crippen MR) is 63.1 cm³/mol. The molecule has 1 aromatic carbocycles. The molecule has 1 fully saturated rings. The van der Waals surface area contributed by atoms with Crippen molar-refractivity contribution in [1.29, 1.82) is 0 Å². The van der Waals surface area contributed by atoms with Crippen molar-refractivity contribution in [1.82, 2.24) is 5.32 Å². The minimum atomic E-state index is 0. The summed E-state index contributed by atoms with van der Waals surface area (Å²) in [5.41, 5.74) is 7.85. The summed E-state index contributed by atoms with van der Waals surface area (Å²) in [5, 5.41) is 4.16. The molecular weight excluding hydrogens is 219 g/mol. The van der Waals surface area contributed by atoms with E-state index in [1.165, 1.54) is 6.42 Å². The van der Waals surface area contributed by atoms with Gasteiger partial charge in [0, 0.05) is 16.8 Å². The lowest BCUT2D eigenvalue weighted by atomic mass is 10.0. The molecule has 2 rings (SSSR count). The molecule has 1 heterocycles. The predicted octanol–water partition coefficient (Wildman–Crippen LogP) is 2.77. The summed E-state index contributed by atoms with van der Waals surface area (Å²) in [5.74, 6) is 0. The summed E-state index contributed by atoms with van der Waals surface area (Å²) < 4.78 is 0. The standard InChI is InChI=1S/C10H13ClN2.ClH/c11-7-3-4-9(12)8(6-7)10-2-1-5-13-10;/h3-4,6,10,13H,1-2,5,12H2;1H/t10-;/m0./s1. The van der Waals surface area contributed by atoms with Gasteiger partial charge in [-0.15, -0.1) is 12.4 Å².